The molecule has 0 aliphatic heterocycles. The van der Waals surface area contributed by atoms with Crippen molar-refractivity contribution in [3.8, 4) is 11.4 Å². The summed E-state index contributed by atoms with van der Waals surface area (Å²) in [6, 6.07) is 22.6. The van der Waals surface area contributed by atoms with Crippen molar-refractivity contribution in [2.24, 2.45) is 0 Å². The summed E-state index contributed by atoms with van der Waals surface area (Å²) in [5.41, 5.74) is 2.45. The van der Waals surface area contributed by atoms with Crippen molar-refractivity contribution in [3.05, 3.63) is 101 Å². The molecule has 4 aromatic rings. The van der Waals surface area contributed by atoms with Gasteiger partial charge in [0.15, 0.2) is 11.0 Å². The van der Waals surface area contributed by atoms with Gasteiger partial charge in [-0.1, -0.05) is 65.9 Å². The van der Waals surface area contributed by atoms with Gasteiger partial charge in [-0.25, -0.2) is 0 Å². The van der Waals surface area contributed by atoms with Crippen LogP contribution in [0.5, 0.6) is 5.75 Å². The van der Waals surface area contributed by atoms with E-state index >= 15 is 0 Å². The van der Waals surface area contributed by atoms with Crippen LogP contribution in [0.25, 0.3) is 5.69 Å². The fourth-order valence-electron chi connectivity index (χ4n) is 3.07. The molecule has 0 fully saturated rings. The normalized spacial score (nSPS) is 11.5. The van der Waals surface area contributed by atoms with Crippen LogP contribution in [-0.2, 0) is 18.5 Å². The average molecular weight is 456 g/mol. The Bertz CT molecular complexity index is 1180. The Morgan fingerprint density at radius 3 is 2.38 bits per heavy atom. The molecule has 0 aliphatic carbocycles. The molecule has 0 N–H and O–H groups in total. The first-order valence-electron chi connectivity index (χ1n) is 9.88. The van der Waals surface area contributed by atoms with Crippen molar-refractivity contribution in [2.45, 2.75) is 30.6 Å². The molecule has 0 spiro atoms. The van der Waals surface area contributed by atoms with Gasteiger partial charge in [0.1, 0.15) is 12.4 Å². The second-order valence-corrected chi connectivity index (χ2v) is 8.10. The van der Waals surface area contributed by atoms with E-state index in [9.17, 15) is 13.2 Å². The van der Waals surface area contributed by atoms with Crippen molar-refractivity contribution in [1.82, 2.24) is 14.8 Å². The Morgan fingerprint density at radius 1 is 0.906 bits per heavy atom. The van der Waals surface area contributed by atoms with E-state index in [0.717, 1.165) is 23.4 Å². The van der Waals surface area contributed by atoms with Gasteiger partial charge in [0, 0.05) is 11.4 Å². The molecule has 0 bridgehead atoms. The number of ether oxygens (including phenoxy) is 1. The molecule has 32 heavy (non-hydrogen) atoms. The zero-order valence-electron chi connectivity index (χ0n) is 17.2. The van der Waals surface area contributed by atoms with E-state index in [2.05, 4.69) is 34.5 Å². The summed E-state index contributed by atoms with van der Waals surface area (Å²) >= 11 is 1.53. The molecule has 1 heterocycles. The average Bonchev–Trinajstić information content (AvgIpc) is 3.20. The third kappa shape index (κ3) is 5.31. The Morgan fingerprint density at radius 2 is 1.66 bits per heavy atom. The second-order valence-electron chi connectivity index (χ2n) is 7.16. The second kappa shape index (κ2) is 9.48. The molecule has 0 unspecified atom stereocenters. The van der Waals surface area contributed by atoms with Gasteiger partial charge in [0.05, 0.1) is 5.56 Å². The Kier molecular flexibility index (Phi) is 6.50. The lowest BCUT2D eigenvalue weighted by atomic mass is 10.2. The highest BCUT2D eigenvalue weighted by atomic mass is 32.2. The topological polar surface area (TPSA) is 39.9 Å². The van der Waals surface area contributed by atoms with E-state index in [1.165, 1.54) is 29.5 Å². The van der Waals surface area contributed by atoms with E-state index in [1.54, 1.807) is 0 Å². The smallest absolute Gasteiger partial charge is 0.416 e. The molecular weight excluding hydrogens is 435 g/mol. The zero-order chi connectivity index (χ0) is 22.6. The molecular formula is C24H20F3N3OS. The predicted molar refractivity (Wildman–Crippen MR) is 118 cm³/mol. The molecule has 0 saturated heterocycles. The predicted octanol–water partition coefficient (Wildman–Crippen LogP) is 6.47. The van der Waals surface area contributed by atoms with Crippen molar-refractivity contribution in [1.29, 1.82) is 0 Å². The van der Waals surface area contributed by atoms with Gasteiger partial charge < -0.3 is 4.74 Å². The molecule has 4 nitrogen and oxygen atoms in total. The van der Waals surface area contributed by atoms with Crippen molar-refractivity contribution >= 4 is 11.8 Å². The first-order chi connectivity index (χ1) is 15.4. The number of nitrogens with zero attached hydrogens (tertiary/aromatic N) is 3. The van der Waals surface area contributed by atoms with Crippen LogP contribution in [-0.4, -0.2) is 14.8 Å². The molecule has 0 atom stereocenters. The standard InChI is InChI=1S/C24H20F3N3OS/c1-17-10-12-18(13-11-17)16-32-23-29-28-22(30(23)20-7-3-2-4-8-20)15-31-21-9-5-6-19(14-21)24(25,26)27/h2-14H,15-16H2,1H3. The van der Waals surface area contributed by atoms with Crippen LogP contribution in [0.1, 0.15) is 22.5 Å². The van der Waals surface area contributed by atoms with Crippen LogP contribution in [0.3, 0.4) is 0 Å². The number of aryl methyl sites for hydroxylation is 1. The van der Waals surface area contributed by atoms with Crippen LogP contribution < -0.4 is 4.74 Å². The van der Waals surface area contributed by atoms with Gasteiger partial charge in [-0.15, -0.1) is 10.2 Å². The molecule has 3 aromatic carbocycles. The third-order valence-corrected chi connectivity index (χ3v) is 5.73. The quantitative estimate of drug-likeness (QED) is 0.300. The number of hydrogen-bond acceptors (Lipinski definition) is 4. The summed E-state index contributed by atoms with van der Waals surface area (Å²) in [4.78, 5) is 0. The van der Waals surface area contributed by atoms with E-state index in [1.807, 2.05) is 41.8 Å². The summed E-state index contributed by atoms with van der Waals surface area (Å²) in [5, 5.41) is 9.24. The number of alkyl halides is 3. The van der Waals surface area contributed by atoms with E-state index in [4.69, 9.17) is 4.74 Å². The number of rotatable bonds is 7. The molecule has 0 saturated carbocycles. The van der Waals surface area contributed by atoms with Gasteiger partial charge in [-0.2, -0.15) is 13.2 Å². The Hall–Kier alpha value is -3.26. The summed E-state index contributed by atoms with van der Waals surface area (Å²) in [7, 11) is 0. The highest BCUT2D eigenvalue weighted by molar-refractivity contribution is 7.98. The molecule has 164 valence electrons. The van der Waals surface area contributed by atoms with Crippen LogP contribution in [0.15, 0.2) is 84.0 Å². The van der Waals surface area contributed by atoms with E-state index in [0.29, 0.717) is 16.7 Å². The summed E-state index contributed by atoms with van der Waals surface area (Å²) < 4.78 is 46.5. The van der Waals surface area contributed by atoms with Crippen LogP contribution in [0, 0.1) is 6.92 Å². The van der Waals surface area contributed by atoms with Gasteiger partial charge in [0.25, 0.3) is 0 Å². The molecule has 8 heteroatoms. The highest BCUT2D eigenvalue weighted by Crippen LogP contribution is 2.32. The summed E-state index contributed by atoms with van der Waals surface area (Å²) in [6.07, 6.45) is -4.43. The third-order valence-electron chi connectivity index (χ3n) is 4.73. The molecule has 0 radical (unpaired) electrons. The summed E-state index contributed by atoms with van der Waals surface area (Å²) in [6.45, 7) is 2.02. The molecule has 4 rings (SSSR count). The minimum Gasteiger partial charge on any atom is -0.486 e. The Labute approximate surface area is 188 Å². The number of hydrogen-bond donors (Lipinski definition) is 0. The van der Waals surface area contributed by atoms with Gasteiger partial charge >= 0.3 is 6.18 Å². The largest absolute Gasteiger partial charge is 0.486 e. The maximum atomic E-state index is 13.0. The maximum Gasteiger partial charge on any atom is 0.416 e. The first-order valence-corrected chi connectivity index (χ1v) is 10.9. The van der Waals surface area contributed by atoms with Gasteiger partial charge in [0.2, 0.25) is 0 Å². The zero-order valence-corrected chi connectivity index (χ0v) is 18.0. The lowest BCUT2D eigenvalue weighted by Crippen LogP contribution is -2.08. The number of aromatic nitrogens is 3. The monoisotopic (exact) mass is 455 g/mol. The van der Waals surface area contributed by atoms with Crippen molar-refractivity contribution in [3.63, 3.8) is 0 Å². The number of thioether (sulfide) groups is 1. The summed E-state index contributed by atoms with van der Waals surface area (Å²) in [5.74, 6) is 1.33. The number of halogens is 3. The van der Waals surface area contributed by atoms with Crippen molar-refractivity contribution in [2.75, 3.05) is 0 Å². The highest BCUT2D eigenvalue weighted by Gasteiger charge is 2.30. The van der Waals surface area contributed by atoms with Crippen LogP contribution in [0.2, 0.25) is 0 Å². The number of para-hydroxylation sites is 1. The van der Waals surface area contributed by atoms with Gasteiger partial charge in [-0.05, 0) is 42.8 Å². The van der Waals surface area contributed by atoms with Crippen molar-refractivity contribution < 1.29 is 17.9 Å². The fraction of sp³-hybridized carbons (Fsp3) is 0.167. The minimum atomic E-state index is -4.43. The minimum absolute atomic E-state index is 0.0195. The first kappa shape index (κ1) is 22.0. The lowest BCUT2D eigenvalue weighted by Gasteiger charge is -2.12. The lowest BCUT2D eigenvalue weighted by molar-refractivity contribution is -0.137. The van der Waals surface area contributed by atoms with Gasteiger partial charge in [-0.3, -0.25) is 4.57 Å². The molecule has 0 aliphatic rings. The van der Waals surface area contributed by atoms with E-state index < -0.39 is 11.7 Å². The van der Waals surface area contributed by atoms with E-state index in [-0.39, 0.29) is 12.4 Å². The number of benzene rings is 3. The van der Waals surface area contributed by atoms with Crippen LogP contribution >= 0.6 is 11.8 Å². The molecule has 1 aromatic heterocycles. The molecule has 0 amide bonds. The fourth-order valence-corrected chi connectivity index (χ4v) is 3.99. The SMILES string of the molecule is Cc1ccc(CSc2nnc(COc3cccc(C(F)(F)F)c3)n2-c2ccccc2)cc1. The van der Waals surface area contributed by atoms with Crippen LogP contribution in [0.4, 0.5) is 13.2 Å². The Balaban J connectivity index is 1.56. The maximum absolute atomic E-state index is 13.0.